The zero-order valence-electron chi connectivity index (χ0n) is 15.0. The van der Waals surface area contributed by atoms with Crippen LogP contribution in [0.5, 0.6) is 0 Å². The van der Waals surface area contributed by atoms with Crippen molar-refractivity contribution in [3.05, 3.63) is 51.9 Å². The van der Waals surface area contributed by atoms with Crippen molar-refractivity contribution in [1.82, 2.24) is 9.47 Å². The molecule has 2 aromatic rings. The number of carbonyl (C=O) groups is 1. The molecule has 0 atom stereocenters. The molecule has 1 fully saturated rings. The number of halogens is 2. The summed E-state index contributed by atoms with van der Waals surface area (Å²) in [5.41, 5.74) is -2.10. The van der Waals surface area contributed by atoms with Gasteiger partial charge in [-0.05, 0) is 12.1 Å². The van der Waals surface area contributed by atoms with Gasteiger partial charge in [-0.15, -0.1) is 0 Å². The van der Waals surface area contributed by atoms with Crippen LogP contribution in [0.2, 0.25) is 0 Å². The van der Waals surface area contributed by atoms with Crippen molar-refractivity contribution in [3.8, 4) is 0 Å². The number of rotatable bonds is 6. The van der Waals surface area contributed by atoms with E-state index in [1.807, 2.05) is 4.90 Å². The van der Waals surface area contributed by atoms with Gasteiger partial charge in [0, 0.05) is 32.4 Å². The number of anilines is 2. The lowest BCUT2D eigenvalue weighted by molar-refractivity contribution is 0.0362. The van der Waals surface area contributed by atoms with Gasteiger partial charge in [0.15, 0.2) is 0 Å². The standard InChI is InChI=1S/C18H18BF2N3O4/c19-11-1-2-14(13(20)9-11)22-16-12(18(26)27)10-24(17(25)15(16)21)4-3-23-5-7-28-8-6-23/h1-2,9-10,22H,3-8H2,(H,26,27). The van der Waals surface area contributed by atoms with Crippen LogP contribution >= 0.6 is 0 Å². The van der Waals surface area contributed by atoms with E-state index in [-0.39, 0.29) is 17.7 Å². The molecule has 1 aromatic heterocycles. The molecule has 0 bridgehead atoms. The van der Waals surface area contributed by atoms with Crippen molar-refractivity contribution >= 4 is 30.7 Å². The molecule has 1 aliphatic rings. The van der Waals surface area contributed by atoms with Gasteiger partial charge in [0.05, 0.1) is 24.6 Å². The Kier molecular flexibility index (Phi) is 6.10. The summed E-state index contributed by atoms with van der Waals surface area (Å²) in [7, 11) is 5.47. The predicted molar refractivity (Wildman–Crippen MR) is 99.9 cm³/mol. The first-order chi connectivity index (χ1) is 13.4. The highest BCUT2D eigenvalue weighted by Gasteiger charge is 2.22. The highest BCUT2D eigenvalue weighted by Crippen LogP contribution is 2.24. The molecule has 28 heavy (non-hydrogen) atoms. The maximum atomic E-state index is 14.7. The minimum Gasteiger partial charge on any atom is -0.478 e. The Morgan fingerprint density at radius 2 is 1.96 bits per heavy atom. The molecule has 1 saturated heterocycles. The molecule has 3 rings (SSSR count). The fourth-order valence-electron chi connectivity index (χ4n) is 2.92. The van der Waals surface area contributed by atoms with E-state index in [0.717, 1.165) is 16.8 Å². The molecule has 2 N–H and O–H groups in total. The topological polar surface area (TPSA) is 83.8 Å². The van der Waals surface area contributed by atoms with E-state index in [1.54, 1.807) is 0 Å². The molecule has 10 heteroatoms. The summed E-state index contributed by atoms with van der Waals surface area (Å²) in [5, 5.41) is 11.8. The summed E-state index contributed by atoms with van der Waals surface area (Å²) in [6.07, 6.45) is 1.06. The van der Waals surface area contributed by atoms with Gasteiger partial charge in [-0.1, -0.05) is 11.5 Å². The zero-order valence-corrected chi connectivity index (χ0v) is 15.0. The van der Waals surface area contributed by atoms with E-state index < -0.39 is 34.4 Å². The first-order valence-corrected chi connectivity index (χ1v) is 8.65. The minimum atomic E-state index is -1.45. The average Bonchev–Trinajstić information content (AvgIpc) is 2.67. The van der Waals surface area contributed by atoms with E-state index in [1.165, 1.54) is 12.1 Å². The van der Waals surface area contributed by atoms with Crippen LogP contribution in [0, 0.1) is 11.6 Å². The second-order valence-electron chi connectivity index (χ2n) is 6.35. The number of pyridine rings is 1. The van der Waals surface area contributed by atoms with Crippen LogP contribution in [-0.2, 0) is 11.3 Å². The van der Waals surface area contributed by atoms with Gasteiger partial charge in [-0.3, -0.25) is 9.69 Å². The van der Waals surface area contributed by atoms with E-state index in [9.17, 15) is 23.5 Å². The number of carboxylic acids is 1. The number of ether oxygens (including phenoxy) is 1. The number of nitrogens with one attached hydrogen (secondary N) is 1. The van der Waals surface area contributed by atoms with E-state index in [2.05, 4.69) is 5.32 Å². The molecule has 0 spiro atoms. The van der Waals surface area contributed by atoms with Crippen molar-refractivity contribution in [2.75, 3.05) is 38.2 Å². The number of morpholine rings is 1. The Balaban J connectivity index is 1.91. The first kappa shape index (κ1) is 20.0. The second-order valence-corrected chi connectivity index (χ2v) is 6.35. The Labute approximate surface area is 160 Å². The summed E-state index contributed by atoms with van der Waals surface area (Å²) in [6.45, 7) is 3.06. The van der Waals surface area contributed by atoms with Gasteiger partial charge in [0.1, 0.15) is 19.2 Å². The second kappa shape index (κ2) is 8.53. The molecule has 1 aliphatic heterocycles. The lowest BCUT2D eigenvalue weighted by Crippen LogP contribution is -2.39. The molecule has 0 saturated carbocycles. The lowest BCUT2D eigenvalue weighted by Gasteiger charge is -2.26. The monoisotopic (exact) mass is 389 g/mol. The third kappa shape index (κ3) is 4.40. The molecule has 7 nitrogen and oxygen atoms in total. The number of aromatic carboxylic acids is 1. The van der Waals surface area contributed by atoms with Gasteiger partial charge >= 0.3 is 5.97 Å². The van der Waals surface area contributed by atoms with Gasteiger partial charge in [-0.2, -0.15) is 4.39 Å². The largest absolute Gasteiger partial charge is 0.478 e. The zero-order chi connectivity index (χ0) is 20.3. The van der Waals surface area contributed by atoms with Gasteiger partial charge < -0.3 is 19.7 Å². The van der Waals surface area contributed by atoms with Crippen LogP contribution < -0.4 is 16.3 Å². The Hall–Kier alpha value is -2.72. The van der Waals surface area contributed by atoms with Crippen LogP contribution in [0.3, 0.4) is 0 Å². The molecular formula is C18H18BF2N3O4. The number of carboxylic acid groups (broad SMARTS) is 1. The van der Waals surface area contributed by atoms with Crippen LogP contribution in [0.15, 0.2) is 29.2 Å². The summed E-state index contributed by atoms with van der Waals surface area (Å²) in [4.78, 5) is 26.0. The normalized spacial score (nSPS) is 14.8. The summed E-state index contributed by atoms with van der Waals surface area (Å²) < 4.78 is 35.0. The van der Waals surface area contributed by atoms with Crippen LogP contribution in [-0.4, -0.2) is 61.2 Å². The number of hydrogen-bond acceptors (Lipinski definition) is 5. The molecule has 0 unspecified atom stereocenters. The summed E-state index contributed by atoms with van der Waals surface area (Å²) in [5.74, 6) is -3.54. The van der Waals surface area contributed by atoms with Crippen molar-refractivity contribution < 1.29 is 23.4 Å². The molecular weight excluding hydrogens is 371 g/mol. The molecule has 0 aliphatic carbocycles. The molecule has 2 radical (unpaired) electrons. The summed E-state index contributed by atoms with van der Waals surface area (Å²) in [6, 6.07) is 3.61. The Bertz CT molecular complexity index is 945. The van der Waals surface area contributed by atoms with Crippen molar-refractivity contribution in [1.29, 1.82) is 0 Å². The molecule has 2 heterocycles. The number of nitrogens with zero attached hydrogens (tertiary/aromatic N) is 2. The molecule has 1 aromatic carbocycles. The predicted octanol–water partition coefficient (Wildman–Crippen LogP) is 0.694. The summed E-state index contributed by atoms with van der Waals surface area (Å²) >= 11 is 0. The van der Waals surface area contributed by atoms with Gasteiger partial charge in [-0.25, -0.2) is 9.18 Å². The third-order valence-corrected chi connectivity index (χ3v) is 4.47. The fraction of sp³-hybridized carbons (Fsp3) is 0.333. The molecule has 146 valence electrons. The first-order valence-electron chi connectivity index (χ1n) is 8.65. The quantitative estimate of drug-likeness (QED) is 0.708. The lowest BCUT2D eigenvalue weighted by atomic mass is 9.96. The maximum Gasteiger partial charge on any atom is 0.339 e. The van der Waals surface area contributed by atoms with Crippen molar-refractivity contribution in [2.45, 2.75) is 6.54 Å². The minimum absolute atomic E-state index is 0.118. The van der Waals surface area contributed by atoms with Gasteiger partial charge in [0.2, 0.25) is 5.82 Å². The van der Waals surface area contributed by atoms with E-state index in [4.69, 9.17) is 12.6 Å². The molecule has 0 amide bonds. The van der Waals surface area contributed by atoms with E-state index in [0.29, 0.717) is 32.8 Å². The highest BCUT2D eigenvalue weighted by molar-refractivity contribution is 6.32. The van der Waals surface area contributed by atoms with Crippen LogP contribution in [0.25, 0.3) is 0 Å². The number of aromatic nitrogens is 1. The number of hydrogen-bond donors (Lipinski definition) is 2. The van der Waals surface area contributed by atoms with E-state index >= 15 is 0 Å². The highest BCUT2D eigenvalue weighted by atomic mass is 19.1. The smallest absolute Gasteiger partial charge is 0.339 e. The van der Waals surface area contributed by atoms with Crippen molar-refractivity contribution in [3.63, 3.8) is 0 Å². The fourth-order valence-corrected chi connectivity index (χ4v) is 2.92. The SMILES string of the molecule is [B]c1ccc(Nc2c(C(=O)O)cn(CCN3CCOCC3)c(=O)c2F)c(F)c1. The Morgan fingerprint density at radius 3 is 2.61 bits per heavy atom. The van der Waals surface area contributed by atoms with Crippen molar-refractivity contribution in [2.24, 2.45) is 0 Å². The van der Waals surface area contributed by atoms with Gasteiger partial charge in [0.25, 0.3) is 5.56 Å². The van der Waals surface area contributed by atoms with Crippen LogP contribution in [0.1, 0.15) is 10.4 Å². The maximum absolute atomic E-state index is 14.7. The third-order valence-electron chi connectivity index (χ3n) is 4.47. The Morgan fingerprint density at radius 1 is 1.25 bits per heavy atom. The average molecular weight is 389 g/mol. The number of benzene rings is 1. The van der Waals surface area contributed by atoms with Crippen LogP contribution in [0.4, 0.5) is 20.2 Å².